The molecule has 0 aliphatic carbocycles. The van der Waals surface area contributed by atoms with Crippen LogP contribution in [0.25, 0.3) is 27.1 Å². The fraction of sp³-hybridized carbons (Fsp3) is 0.333. The van der Waals surface area contributed by atoms with Crippen molar-refractivity contribution >= 4 is 39.6 Å². The molecule has 8 heteroatoms. The maximum atomic E-state index is 13.2. The molecule has 0 atom stereocenters. The molecule has 29 heavy (non-hydrogen) atoms. The van der Waals surface area contributed by atoms with Crippen LogP contribution in [0.4, 0.5) is 4.79 Å². The maximum absolute atomic E-state index is 13.2. The molecule has 0 N–H and O–H groups in total. The van der Waals surface area contributed by atoms with E-state index in [9.17, 15) is 9.59 Å². The van der Waals surface area contributed by atoms with E-state index in [-0.39, 0.29) is 0 Å². The van der Waals surface area contributed by atoms with Crippen LogP contribution in [0.15, 0.2) is 24.7 Å². The van der Waals surface area contributed by atoms with Gasteiger partial charge in [-0.25, -0.2) is 18.9 Å². The Morgan fingerprint density at radius 1 is 1.31 bits per heavy atom. The zero-order valence-corrected chi connectivity index (χ0v) is 17.8. The van der Waals surface area contributed by atoms with Gasteiger partial charge in [-0.15, -0.1) is 11.3 Å². The van der Waals surface area contributed by atoms with Gasteiger partial charge >= 0.3 is 6.09 Å². The Balaban J connectivity index is 2.05. The second-order valence-electron chi connectivity index (χ2n) is 7.92. The average molecular weight is 410 g/mol. The first-order chi connectivity index (χ1) is 13.7. The number of aromatic nitrogens is 4. The minimum Gasteiger partial charge on any atom is -0.443 e. The third kappa shape index (κ3) is 3.23. The highest BCUT2D eigenvalue weighted by Gasteiger charge is 2.28. The highest BCUT2D eigenvalue weighted by atomic mass is 32.1. The number of carbonyl (C=O) groups is 2. The number of thiophene rings is 1. The van der Waals surface area contributed by atoms with Crippen molar-refractivity contribution in [1.82, 2.24) is 19.2 Å². The van der Waals surface area contributed by atoms with Gasteiger partial charge in [-0.2, -0.15) is 5.10 Å². The molecule has 4 rings (SSSR count). The van der Waals surface area contributed by atoms with E-state index < -0.39 is 11.7 Å². The summed E-state index contributed by atoms with van der Waals surface area (Å²) in [5.41, 5.74) is 4.38. The molecule has 0 bridgehead atoms. The van der Waals surface area contributed by atoms with Gasteiger partial charge in [0.05, 0.1) is 20.8 Å². The maximum Gasteiger partial charge on any atom is 0.419 e. The first-order valence-corrected chi connectivity index (χ1v) is 10.2. The lowest BCUT2D eigenvalue weighted by Gasteiger charge is -2.21. The fourth-order valence-electron chi connectivity index (χ4n) is 3.56. The molecule has 0 amide bonds. The van der Waals surface area contributed by atoms with Gasteiger partial charge in [-0.05, 0) is 57.4 Å². The van der Waals surface area contributed by atoms with E-state index in [0.29, 0.717) is 16.8 Å². The Hall–Kier alpha value is -3.00. The van der Waals surface area contributed by atoms with Gasteiger partial charge < -0.3 is 4.74 Å². The van der Waals surface area contributed by atoms with Crippen LogP contribution in [0, 0.1) is 6.92 Å². The molecule has 4 aromatic heterocycles. The Morgan fingerprint density at radius 2 is 2.07 bits per heavy atom. The minimum absolute atomic E-state index is 0.469. The molecule has 0 aromatic carbocycles. The van der Waals surface area contributed by atoms with E-state index in [2.05, 4.69) is 10.1 Å². The lowest BCUT2D eigenvalue weighted by Crippen LogP contribution is -2.27. The zero-order valence-electron chi connectivity index (χ0n) is 17.0. The SMILES string of the molecule is CCc1c(-c2cc(C)c3ncnn3c2)n(C(=O)OC(C)(C)C)c2cc(C=O)sc12. The predicted molar refractivity (Wildman–Crippen MR) is 113 cm³/mol. The van der Waals surface area contributed by atoms with Crippen LogP contribution < -0.4 is 0 Å². The summed E-state index contributed by atoms with van der Waals surface area (Å²) in [6.45, 7) is 9.51. The third-order valence-electron chi connectivity index (χ3n) is 4.63. The number of rotatable bonds is 3. The van der Waals surface area contributed by atoms with Crippen molar-refractivity contribution in [3.8, 4) is 11.3 Å². The summed E-state index contributed by atoms with van der Waals surface area (Å²) >= 11 is 1.39. The summed E-state index contributed by atoms with van der Waals surface area (Å²) in [4.78, 5) is 29.4. The minimum atomic E-state index is -0.646. The quantitative estimate of drug-likeness (QED) is 0.450. The van der Waals surface area contributed by atoms with Crippen molar-refractivity contribution in [2.45, 2.75) is 46.6 Å². The van der Waals surface area contributed by atoms with Gasteiger partial charge in [0.2, 0.25) is 0 Å². The van der Waals surface area contributed by atoms with Crippen LogP contribution in [0.3, 0.4) is 0 Å². The molecule has 7 nitrogen and oxygen atoms in total. The number of hydrogen-bond acceptors (Lipinski definition) is 6. The molecule has 0 aliphatic heterocycles. The molecular weight excluding hydrogens is 388 g/mol. The van der Waals surface area contributed by atoms with Crippen molar-refractivity contribution in [3.63, 3.8) is 0 Å². The van der Waals surface area contributed by atoms with Crippen LogP contribution in [0.5, 0.6) is 0 Å². The lowest BCUT2D eigenvalue weighted by atomic mass is 10.1. The van der Waals surface area contributed by atoms with Crippen LogP contribution in [-0.4, -0.2) is 37.1 Å². The van der Waals surface area contributed by atoms with Gasteiger partial charge in [-0.3, -0.25) is 4.79 Å². The van der Waals surface area contributed by atoms with Crippen LogP contribution >= 0.6 is 11.3 Å². The molecule has 4 aromatic rings. The summed E-state index contributed by atoms with van der Waals surface area (Å²) in [5, 5.41) is 4.26. The van der Waals surface area contributed by atoms with Gasteiger partial charge in [0.1, 0.15) is 11.9 Å². The molecular formula is C21H22N4O3S. The number of nitrogens with zero attached hydrogens (tertiary/aromatic N) is 4. The molecule has 0 unspecified atom stereocenters. The van der Waals surface area contributed by atoms with E-state index in [1.165, 1.54) is 17.7 Å². The standard InChI is InChI=1S/C21H22N4O3S/c1-6-15-17(13-7-12(2)19-22-11-23-24(19)9-13)25(20(27)28-21(3,4)5)16-8-14(10-26)29-18(15)16/h7-11H,6H2,1-5H3. The van der Waals surface area contributed by atoms with E-state index in [0.717, 1.165) is 39.0 Å². The average Bonchev–Trinajstić information content (AvgIpc) is 3.32. The number of carbonyl (C=O) groups excluding carboxylic acids is 2. The van der Waals surface area contributed by atoms with Crippen LogP contribution in [0.1, 0.15) is 48.5 Å². The second kappa shape index (κ2) is 6.81. The lowest BCUT2D eigenvalue weighted by molar-refractivity contribution is 0.0547. The molecule has 4 heterocycles. The van der Waals surface area contributed by atoms with E-state index in [4.69, 9.17) is 4.74 Å². The second-order valence-corrected chi connectivity index (χ2v) is 9.00. The van der Waals surface area contributed by atoms with Crippen LogP contribution in [0.2, 0.25) is 0 Å². The monoisotopic (exact) mass is 410 g/mol. The fourth-order valence-corrected chi connectivity index (χ4v) is 4.63. The number of hydrogen-bond donors (Lipinski definition) is 0. The van der Waals surface area contributed by atoms with Crippen molar-refractivity contribution in [2.75, 3.05) is 0 Å². The Kier molecular flexibility index (Phi) is 4.53. The number of pyridine rings is 1. The predicted octanol–water partition coefficient (Wildman–Crippen LogP) is 4.88. The van der Waals surface area contributed by atoms with Crippen LogP contribution in [-0.2, 0) is 11.2 Å². The van der Waals surface area contributed by atoms with Crippen molar-refractivity contribution in [1.29, 1.82) is 0 Å². The first kappa shape index (κ1) is 19.3. The highest BCUT2D eigenvalue weighted by Crippen LogP contribution is 2.39. The van der Waals surface area contributed by atoms with Gasteiger partial charge in [0, 0.05) is 11.8 Å². The summed E-state index contributed by atoms with van der Waals surface area (Å²) in [6.07, 6.45) is 4.43. The molecule has 0 aliphatic rings. The normalized spacial score (nSPS) is 12.0. The number of fused-ring (bicyclic) bond motifs is 2. The molecule has 0 saturated heterocycles. The molecule has 0 saturated carbocycles. The van der Waals surface area contributed by atoms with Crippen molar-refractivity contribution < 1.29 is 14.3 Å². The number of ether oxygens (including phenoxy) is 1. The molecule has 0 fully saturated rings. The highest BCUT2D eigenvalue weighted by molar-refractivity contribution is 7.20. The van der Waals surface area contributed by atoms with Crippen molar-refractivity contribution in [2.24, 2.45) is 0 Å². The summed E-state index contributed by atoms with van der Waals surface area (Å²) in [5.74, 6) is 0. The third-order valence-corrected chi connectivity index (χ3v) is 5.74. The van der Waals surface area contributed by atoms with Crippen molar-refractivity contribution in [3.05, 3.63) is 40.7 Å². The Bertz CT molecular complexity index is 1260. The Morgan fingerprint density at radius 3 is 2.72 bits per heavy atom. The molecule has 0 radical (unpaired) electrons. The van der Waals surface area contributed by atoms with E-state index in [1.54, 1.807) is 15.1 Å². The summed E-state index contributed by atoms with van der Waals surface area (Å²) < 4.78 is 9.92. The Labute approximate surface area is 171 Å². The van der Waals surface area contributed by atoms with Gasteiger partial charge in [-0.1, -0.05) is 6.92 Å². The van der Waals surface area contributed by atoms with E-state index in [1.807, 2.05) is 46.9 Å². The largest absolute Gasteiger partial charge is 0.443 e. The summed E-state index contributed by atoms with van der Waals surface area (Å²) in [7, 11) is 0. The smallest absolute Gasteiger partial charge is 0.419 e. The number of aryl methyl sites for hydroxylation is 2. The van der Waals surface area contributed by atoms with E-state index >= 15 is 0 Å². The zero-order chi connectivity index (χ0) is 20.9. The first-order valence-electron chi connectivity index (χ1n) is 9.39. The molecule has 150 valence electrons. The summed E-state index contributed by atoms with van der Waals surface area (Å²) in [6, 6.07) is 3.75. The van der Waals surface area contributed by atoms with Gasteiger partial charge in [0.25, 0.3) is 0 Å². The molecule has 0 spiro atoms. The number of aldehydes is 1. The topological polar surface area (TPSA) is 78.5 Å². The van der Waals surface area contributed by atoms with Gasteiger partial charge in [0.15, 0.2) is 11.9 Å².